The number of aromatic hydroxyl groups is 1. The maximum Gasteiger partial charge on any atom is 0.290 e. The lowest BCUT2D eigenvalue weighted by atomic mass is 10.1. The molecule has 0 bridgehead atoms. The van der Waals surface area contributed by atoms with Crippen molar-refractivity contribution in [2.24, 2.45) is 13.0 Å². The number of benzene rings is 1. The molecule has 3 rings (SSSR count). The minimum absolute atomic E-state index is 0.0279. The molecule has 4 N–H and O–H groups in total. The zero-order valence-corrected chi connectivity index (χ0v) is 17.1. The summed E-state index contributed by atoms with van der Waals surface area (Å²) in [6, 6.07) is 4.73. The van der Waals surface area contributed by atoms with E-state index in [1.54, 1.807) is 26.2 Å². The lowest BCUT2D eigenvalue weighted by Crippen LogP contribution is -2.34. The third kappa shape index (κ3) is 3.98. The molecule has 156 valence electrons. The number of nitrogens with zero attached hydrogens (tertiary/aromatic N) is 2. The largest absolute Gasteiger partial charge is 0.505 e. The fourth-order valence-electron chi connectivity index (χ4n) is 3.64. The highest BCUT2D eigenvalue weighted by Gasteiger charge is 2.26. The Hall–Kier alpha value is -3.23. The third-order valence-corrected chi connectivity index (χ3v) is 5.39. The summed E-state index contributed by atoms with van der Waals surface area (Å²) in [6.07, 6.45) is 3.02. The SMILES string of the molecule is C[C@H]1CCC[C@@H]1Nc1c(Nc2cccc(C(=O)N(C)C)c2O)c(=O)n(C)[nH]c1=O. The smallest absolute Gasteiger partial charge is 0.290 e. The van der Waals surface area contributed by atoms with Crippen molar-refractivity contribution in [1.82, 2.24) is 14.7 Å². The molecule has 2 aromatic rings. The van der Waals surface area contributed by atoms with Crippen LogP contribution in [-0.4, -0.2) is 45.8 Å². The number of H-pyrrole nitrogens is 1. The Morgan fingerprint density at radius 3 is 2.59 bits per heavy atom. The first-order valence-electron chi connectivity index (χ1n) is 9.61. The van der Waals surface area contributed by atoms with Crippen LogP contribution >= 0.6 is 0 Å². The number of anilines is 3. The second-order valence-electron chi connectivity index (χ2n) is 7.74. The number of aromatic nitrogens is 2. The van der Waals surface area contributed by atoms with Gasteiger partial charge in [-0.3, -0.25) is 24.2 Å². The van der Waals surface area contributed by atoms with Crippen molar-refractivity contribution in [3.63, 3.8) is 0 Å². The van der Waals surface area contributed by atoms with E-state index in [4.69, 9.17) is 0 Å². The predicted octanol–water partition coefficient (Wildman–Crippen LogP) is 1.83. The van der Waals surface area contributed by atoms with Crippen molar-refractivity contribution < 1.29 is 9.90 Å². The summed E-state index contributed by atoms with van der Waals surface area (Å²) in [7, 11) is 4.61. The van der Waals surface area contributed by atoms with E-state index in [0.717, 1.165) is 23.9 Å². The molecule has 2 atom stereocenters. The molecule has 0 radical (unpaired) electrons. The summed E-state index contributed by atoms with van der Waals surface area (Å²) < 4.78 is 1.08. The van der Waals surface area contributed by atoms with Gasteiger partial charge in [-0.1, -0.05) is 19.4 Å². The molecule has 1 fully saturated rings. The standard InChI is InChI=1S/C20H27N5O4/c1-11-7-5-9-13(11)21-15-16(20(29)25(4)23-18(15)27)22-14-10-6-8-12(17(14)26)19(28)24(2)3/h6,8,10-11,13,21-22,26H,5,7,9H2,1-4H3,(H,23,27)/t11-,13-/m0/s1. The molecule has 1 aromatic carbocycles. The number of hydrogen-bond donors (Lipinski definition) is 4. The number of phenols is 1. The van der Waals surface area contributed by atoms with E-state index in [-0.39, 0.29) is 40.3 Å². The van der Waals surface area contributed by atoms with Gasteiger partial charge in [-0.15, -0.1) is 0 Å². The van der Waals surface area contributed by atoms with E-state index >= 15 is 0 Å². The number of phenolic OH excluding ortho intramolecular Hbond substituents is 1. The van der Waals surface area contributed by atoms with Crippen LogP contribution in [-0.2, 0) is 7.05 Å². The van der Waals surface area contributed by atoms with Crippen LogP contribution in [0.2, 0.25) is 0 Å². The van der Waals surface area contributed by atoms with Gasteiger partial charge in [0.1, 0.15) is 11.4 Å². The maximum atomic E-state index is 12.8. The quantitative estimate of drug-likeness (QED) is 0.568. The zero-order chi connectivity index (χ0) is 21.3. The molecule has 1 heterocycles. The Kier molecular flexibility index (Phi) is 5.67. The van der Waals surface area contributed by atoms with Crippen molar-refractivity contribution in [3.05, 3.63) is 44.5 Å². The van der Waals surface area contributed by atoms with Gasteiger partial charge in [-0.25, -0.2) is 0 Å². The van der Waals surface area contributed by atoms with Crippen LogP contribution in [0.25, 0.3) is 0 Å². The van der Waals surface area contributed by atoms with E-state index < -0.39 is 11.1 Å². The molecular formula is C20H27N5O4. The first kappa shape index (κ1) is 20.5. The van der Waals surface area contributed by atoms with Gasteiger partial charge < -0.3 is 20.6 Å². The van der Waals surface area contributed by atoms with Crippen LogP contribution in [0.4, 0.5) is 17.1 Å². The van der Waals surface area contributed by atoms with Crippen molar-refractivity contribution in [1.29, 1.82) is 0 Å². The number of amides is 1. The summed E-state index contributed by atoms with van der Waals surface area (Å²) in [5.74, 6) is -0.280. The van der Waals surface area contributed by atoms with E-state index in [0.29, 0.717) is 5.92 Å². The second kappa shape index (κ2) is 8.02. The number of carbonyl (C=O) groups excluding carboxylic acids is 1. The van der Waals surface area contributed by atoms with Crippen molar-refractivity contribution in [2.75, 3.05) is 24.7 Å². The number of aromatic amines is 1. The summed E-state index contributed by atoms with van der Waals surface area (Å²) >= 11 is 0. The molecule has 1 aliphatic carbocycles. The number of hydrogen-bond acceptors (Lipinski definition) is 6. The maximum absolute atomic E-state index is 12.8. The van der Waals surface area contributed by atoms with Crippen LogP contribution < -0.4 is 21.8 Å². The number of rotatable bonds is 5. The molecule has 1 saturated carbocycles. The number of nitrogens with one attached hydrogen (secondary N) is 3. The summed E-state index contributed by atoms with van der Waals surface area (Å²) in [5, 5.41) is 19.2. The minimum atomic E-state index is -0.457. The van der Waals surface area contributed by atoms with Crippen LogP contribution in [0.1, 0.15) is 36.5 Å². The fourth-order valence-corrected chi connectivity index (χ4v) is 3.64. The molecule has 1 aliphatic rings. The van der Waals surface area contributed by atoms with Crippen molar-refractivity contribution >= 4 is 23.0 Å². The molecule has 0 unspecified atom stereocenters. The molecule has 1 aromatic heterocycles. The highest BCUT2D eigenvalue weighted by Crippen LogP contribution is 2.33. The molecular weight excluding hydrogens is 374 g/mol. The third-order valence-electron chi connectivity index (χ3n) is 5.39. The zero-order valence-electron chi connectivity index (χ0n) is 17.1. The van der Waals surface area contributed by atoms with E-state index in [1.807, 2.05) is 0 Å². The minimum Gasteiger partial charge on any atom is -0.505 e. The molecule has 9 heteroatoms. The van der Waals surface area contributed by atoms with E-state index in [9.17, 15) is 19.5 Å². The van der Waals surface area contributed by atoms with Gasteiger partial charge in [0.2, 0.25) is 0 Å². The van der Waals surface area contributed by atoms with E-state index in [2.05, 4.69) is 22.7 Å². The molecule has 0 aliphatic heterocycles. The Balaban J connectivity index is 2.05. The monoisotopic (exact) mass is 401 g/mol. The number of para-hydroxylation sites is 1. The van der Waals surface area contributed by atoms with Crippen molar-refractivity contribution in [2.45, 2.75) is 32.2 Å². The average Bonchev–Trinajstić information content (AvgIpc) is 3.08. The average molecular weight is 401 g/mol. The summed E-state index contributed by atoms with van der Waals surface area (Å²) in [6.45, 7) is 2.11. The summed E-state index contributed by atoms with van der Waals surface area (Å²) in [5.41, 5.74) is -0.464. The van der Waals surface area contributed by atoms with Crippen molar-refractivity contribution in [3.8, 4) is 5.75 Å². The normalized spacial score (nSPS) is 18.5. The Morgan fingerprint density at radius 2 is 1.97 bits per heavy atom. The van der Waals surface area contributed by atoms with Crippen LogP contribution in [0.15, 0.2) is 27.8 Å². The molecule has 29 heavy (non-hydrogen) atoms. The van der Waals surface area contributed by atoms with Crippen LogP contribution in [0, 0.1) is 5.92 Å². The van der Waals surface area contributed by atoms with Gasteiger partial charge in [-0.05, 0) is 30.9 Å². The Bertz CT molecular complexity index is 1040. The highest BCUT2D eigenvalue weighted by molar-refractivity contribution is 5.98. The summed E-state index contributed by atoms with van der Waals surface area (Å²) in [4.78, 5) is 39.0. The van der Waals surface area contributed by atoms with Gasteiger partial charge in [0, 0.05) is 27.2 Å². The molecule has 0 spiro atoms. The molecule has 0 saturated heterocycles. The first-order chi connectivity index (χ1) is 13.7. The van der Waals surface area contributed by atoms with Gasteiger partial charge in [0.05, 0.1) is 11.3 Å². The Labute approximate surface area is 168 Å². The highest BCUT2D eigenvalue weighted by atomic mass is 16.3. The van der Waals surface area contributed by atoms with Gasteiger partial charge >= 0.3 is 0 Å². The molecule has 1 amide bonds. The van der Waals surface area contributed by atoms with Gasteiger partial charge in [0.25, 0.3) is 17.0 Å². The van der Waals surface area contributed by atoms with E-state index in [1.165, 1.54) is 18.0 Å². The molecule has 9 nitrogen and oxygen atoms in total. The lowest BCUT2D eigenvalue weighted by Gasteiger charge is -2.21. The first-order valence-corrected chi connectivity index (χ1v) is 9.61. The van der Waals surface area contributed by atoms with Gasteiger partial charge in [0.15, 0.2) is 5.75 Å². The number of carbonyl (C=O) groups is 1. The predicted molar refractivity (Wildman–Crippen MR) is 112 cm³/mol. The fraction of sp³-hybridized carbons (Fsp3) is 0.450. The van der Waals surface area contributed by atoms with Crippen LogP contribution in [0.5, 0.6) is 5.75 Å². The Morgan fingerprint density at radius 1 is 1.24 bits per heavy atom. The van der Waals surface area contributed by atoms with Gasteiger partial charge in [-0.2, -0.15) is 0 Å². The second-order valence-corrected chi connectivity index (χ2v) is 7.74. The van der Waals surface area contributed by atoms with Crippen LogP contribution in [0.3, 0.4) is 0 Å². The number of aryl methyl sites for hydroxylation is 1. The topological polar surface area (TPSA) is 119 Å². The lowest BCUT2D eigenvalue weighted by molar-refractivity contribution is 0.0824.